The fourth-order valence-electron chi connectivity index (χ4n) is 0.933. The van der Waals surface area contributed by atoms with Crippen LogP contribution in [0.25, 0.3) is 0 Å². The van der Waals surface area contributed by atoms with E-state index in [0.717, 1.165) is 12.8 Å². The number of hydrogen-bond donors (Lipinski definition) is 0. The largest absolute Gasteiger partial charge is 0.361 e. The van der Waals surface area contributed by atoms with Crippen molar-refractivity contribution in [3.8, 4) is 0 Å². The molecule has 0 aliphatic carbocycles. The van der Waals surface area contributed by atoms with E-state index >= 15 is 0 Å². The predicted octanol–water partition coefficient (Wildman–Crippen LogP) is 1.08. The molecule has 1 fully saturated rings. The molecule has 1 saturated heterocycles. The predicted molar refractivity (Wildman–Crippen MR) is 38.4 cm³/mol. The maximum atomic E-state index is 10.6. The highest BCUT2D eigenvalue weighted by molar-refractivity contribution is 8.14. The van der Waals surface area contributed by atoms with Crippen molar-refractivity contribution in [2.24, 2.45) is 0 Å². The Hall–Kier alpha value is 0.200. The molecule has 0 spiro atoms. The van der Waals surface area contributed by atoms with Crippen LogP contribution in [0.3, 0.4) is 0 Å². The lowest BCUT2D eigenvalue weighted by Gasteiger charge is -2.18. The van der Waals surface area contributed by atoms with Crippen molar-refractivity contribution in [1.82, 2.24) is 0 Å². The summed E-state index contributed by atoms with van der Waals surface area (Å²) in [5.74, 6) is 0. The molecular formula is C5H9ClO3S. The molecule has 1 atom stereocenters. The maximum absolute atomic E-state index is 10.6. The van der Waals surface area contributed by atoms with Crippen molar-refractivity contribution in [2.75, 3.05) is 6.61 Å². The van der Waals surface area contributed by atoms with Gasteiger partial charge in [0.15, 0.2) is 5.44 Å². The molecule has 60 valence electrons. The summed E-state index contributed by atoms with van der Waals surface area (Å²) in [6.07, 6.45) is 2.35. The quantitative estimate of drug-likeness (QED) is 0.573. The Morgan fingerprint density at radius 1 is 1.40 bits per heavy atom. The zero-order valence-electron chi connectivity index (χ0n) is 5.42. The Labute approximate surface area is 64.7 Å². The summed E-state index contributed by atoms with van der Waals surface area (Å²) in [6, 6.07) is 0. The normalized spacial score (nSPS) is 28.3. The van der Waals surface area contributed by atoms with Crippen molar-refractivity contribution in [1.29, 1.82) is 0 Å². The average Bonchev–Trinajstić information content (AvgIpc) is 1.88. The van der Waals surface area contributed by atoms with Crippen molar-refractivity contribution < 1.29 is 13.2 Å². The number of hydrogen-bond acceptors (Lipinski definition) is 3. The molecule has 0 N–H and O–H groups in total. The van der Waals surface area contributed by atoms with Crippen LogP contribution in [-0.4, -0.2) is 20.5 Å². The van der Waals surface area contributed by atoms with Crippen molar-refractivity contribution in [3.63, 3.8) is 0 Å². The van der Waals surface area contributed by atoms with Gasteiger partial charge in [0.2, 0.25) is 0 Å². The number of ether oxygens (including phenoxy) is 1. The lowest BCUT2D eigenvalue weighted by Crippen LogP contribution is -2.24. The van der Waals surface area contributed by atoms with E-state index in [1.54, 1.807) is 0 Å². The lowest BCUT2D eigenvalue weighted by molar-refractivity contribution is 0.0676. The van der Waals surface area contributed by atoms with E-state index in [-0.39, 0.29) is 0 Å². The Morgan fingerprint density at radius 3 is 2.40 bits per heavy atom. The van der Waals surface area contributed by atoms with E-state index in [4.69, 9.17) is 15.4 Å². The zero-order chi connectivity index (χ0) is 7.61. The topological polar surface area (TPSA) is 43.4 Å². The Balaban J connectivity index is 2.56. The van der Waals surface area contributed by atoms with Crippen LogP contribution in [0.4, 0.5) is 0 Å². The molecule has 1 unspecified atom stereocenters. The average molecular weight is 185 g/mol. The second-order valence-electron chi connectivity index (χ2n) is 2.27. The summed E-state index contributed by atoms with van der Waals surface area (Å²) >= 11 is 0. The first-order chi connectivity index (χ1) is 4.61. The second-order valence-corrected chi connectivity index (χ2v) is 5.04. The first kappa shape index (κ1) is 8.30. The standard InChI is InChI=1S/C5H9ClO3S/c6-10(7,8)5-3-1-2-4-9-5/h5H,1-4H2. The Morgan fingerprint density at radius 2 is 2.10 bits per heavy atom. The zero-order valence-corrected chi connectivity index (χ0v) is 6.99. The van der Waals surface area contributed by atoms with Crippen LogP contribution in [0.2, 0.25) is 0 Å². The molecule has 0 aromatic rings. The van der Waals surface area contributed by atoms with Gasteiger partial charge in [-0.2, -0.15) is 0 Å². The lowest BCUT2D eigenvalue weighted by atomic mass is 10.2. The summed E-state index contributed by atoms with van der Waals surface area (Å²) in [5, 5.41) is 0. The smallest absolute Gasteiger partial charge is 0.259 e. The maximum Gasteiger partial charge on any atom is 0.259 e. The highest BCUT2D eigenvalue weighted by Crippen LogP contribution is 2.20. The van der Waals surface area contributed by atoms with Crippen molar-refractivity contribution in [2.45, 2.75) is 24.7 Å². The minimum Gasteiger partial charge on any atom is -0.361 e. The van der Waals surface area contributed by atoms with E-state index in [1.165, 1.54) is 0 Å². The second kappa shape index (κ2) is 3.07. The summed E-state index contributed by atoms with van der Waals surface area (Å²) in [7, 11) is 1.58. The minimum absolute atomic E-state index is 0.511. The molecule has 10 heavy (non-hydrogen) atoms. The fraction of sp³-hybridized carbons (Fsp3) is 1.00. The van der Waals surface area contributed by atoms with E-state index in [9.17, 15) is 8.42 Å². The molecule has 3 nitrogen and oxygen atoms in total. The van der Waals surface area contributed by atoms with E-state index in [1.807, 2.05) is 0 Å². The fourth-order valence-corrected chi connectivity index (χ4v) is 2.06. The highest BCUT2D eigenvalue weighted by Gasteiger charge is 2.25. The summed E-state index contributed by atoms with van der Waals surface area (Å²) in [4.78, 5) is 0. The summed E-state index contributed by atoms with van der Waals surface area (Å²) in [5.41, 5.74) is -0.761. The Bertz CT molecular complexity index is 193. The third-order valence-corrected chi connectivity index (χ3v) is 3.05. The van der Waals surface area contributed by atoms with Crippen molar-refractivity contribution in [3.05, 3.63) is 0 Å². The van der Waals surface area contributed by atoms with Gasteiger partial charge in [-0.05, 0) is 19.3 Å². The van der Waals surface area contributed by atoms with E-state index in [2.05, 4.69) is 0 Å². The first-order valence-electron chi connectivity index (χ1n) is 3.16. The van der Waals surface area contributed by atoms with Gasteiger partial charge in [0.05, 0.1) is 0 Å². The molecule has 1 heterocycles. The van der Waals surface area contributed by atoms with Crippen LogP contribution < -0.4 is 0 Å². The van der Waals surface area contributed by atoms with Gasteiger partial charge in [-0.3, -0.25) is 0 Å². The van der Waals surface area contributed by atoms with Crippen LogP contribution in [0, 0.1) is 0 Å². The van der Waals surface area contributed by atoms with Gasteiger partial charge in [0, 0.05) is 17.3 Å². The molecule has 0 bridgehead atoms. The van der Waals surface area contributed by atoms with Crippen molar-refractivity contribution >= 4 is 19.7 Å². The minimum atomic E-state index is -3.48. The van der Waals surface area contributed by atoms with Crippen LogP contribution in [-0.2, 0) is 13.8 Å². The molecule has 0 aromatic heterocycles. The molecule has 1 aliphatic rings. The van der Waals surface area contributed by atoms with Gasteiger partial charge in [-0.1, -0.05) is 0 Å². The summed E-state index contributed by atoms with van der Waals surface area (Å²) in [6.45, 7) is 0.511. The van der Waals surface area contributed by atoms with Gasteiger partial charge < -0.3 is 4.74 Å². The monoisotopic (exact) mass is 184 g/mol. The molecule has 0 saturated carbocycles. The van der Waals surface area contributed by atoms with Gasteiger partial charge in [-0.15, -0.1) is 0 Å². The van der Waals surface area contributed by atoms with Gasteiger partial charge in [0.25, 0.3) is 9.05 Å². The van der Waals surface area contributed by atoms with E-state index < -0.39 is 14.5 Å². The molecule has 0 aromatic carbocycles. The molecular weight excluding hydrogens is 176 g/mol. The van der Waals surface area contributed by atoms with Gasteiger partial charge in [-0.25, -0.2) is 8.42 Å². The molecule has 1 aliphatic heterocycles. The Kier molecular flexibility index (Phi) is 2.55. The van der Waals surface area contributed by atoms with Crippen LogP contribution >= 0.6 is 10.7 Å². The van der Waals surface area contributed by atoms with Crippen LogP contribution in [0.5, 0.6) is 0 Å². The third kappa shape index (κ3) is 2.11. The van der Waals surface area contributed by atoms with E-state index in [0.29, 0.717) is 13.0 Å². The highest BCUT2D eigenvalue weighted by atomic mass is 35.7. The van der Waals surface area contributed by atoms with Crippen LogP contribution in [0.15, 0.2) is 0 Å². The SMILES string of the molecule is O=S(=O)(Cl)C1CCCCO1. The number of halogens is 1. The van der Waals surface area contributed by atoms with Crippen LogP contribution in [0.1, 0.15) is 19.3 Å². The first-order valence-corrected chi connectivity index (χ1v) is 5.53. The third-order valence-electron chi connectivity index (χ3n) is 1.45. The molecule has 5 heteroatoms. The molecule has 0 radical (unpaired) electrons. The number of rotatable bonds is 1. The summed E-state index contributed by atoms with van der Waals surface area (Å²) < 4.78 is 26.2. The molecule has 0 amide bonds. The molecule has 1 rings (SSSR count). The van der Waals surface area contributed by atoms with Gasteiger partial charge in [0.1, 0.15) is 0 Å². The van der Waals surface area contributed by atoms with Gasteiger partial charge >= 0.3 is 0 Å².